The molecule has 0 radical (unpaired) electrons. The van der Waals surface area contributed by atoms with E-state index in [0.29, 0.717) is 5.95 Å². The zero-order valence-electron chi connectivity index (χ0n) is 17.3. The largest absolute Gasteiger partial charge is 0.378 e. The molecule has 0 atom stereocenters. The van der Waals surface area contributed by atoms with E-state index in [1.54, 1.807) is 17.2 Å². The van der Waals surface area contributed by atoms with Crippen LogP contribution in [0.25, 0.3) is 16.9 Å². The molecule has 3 heterocycles. The molecule has 2 aromatic carbocycles. The second kappa shape index (κ2) is 8.53. The molecule has 0 unspecified atom stereocenters. The second-order valence-electron chi connectivity index (χ2n) is 7.32. The summed E-state index contributed by atoms with van der Waals surface area (Å²) >= 11 is 0. The number of morpholine rings is 1. The Hall–Kier alpha value is -3.78. The van der Waals surface area contributed by atoms with E-state index in [9.17, 15) is 0 Å². The number of anilines is 3. The van der Waals surface area contributed by atoms with Crippen LogP contribution in [0.3, 0.4) is 0 Å². The van der Waals surface area contributed by atoms with Crippen molar-refractivity contribution < 1.29 is 4.74 Å². The highest BCUT2D eigenvalue weighted by Crippen LogP contribution is 2.24. The normalized spacial score (nSPS) is 13.9. The van der Waals surface area contributed by atoms with Gasteiger partial charge in [0.1, 0.15) is 12.2 Å². The van der Waals surface area contributed by atoms with E-state index in [1.165, 1.54) is 5.69 Å². The van der Waals surface area contributed by atoms with Crippen LogP contribution in [0.4, 0.5) is 17.3 Å². The Kier molecular flexibility index (Phi) is 5.28. The van der Waals surface area contributed by atoms with Gasteiger partial charge in [-0.3, -0.25) is 0 Å². The molecule has 4 aromatic rings. The fraction of sp³-hybridized carbons (Fsp3) is 0.217. The Morgan fingerprint density at radius 3 is 2.32 bits per heavy atom. The minimum absolute atomic E-state index is 0.555. The van der Waals surface area contributed by atoms with Crippen LogP contribution < -0.4 is 10.2 Å². The van der Waals surface area contributed by atoms with Gasteiger partial charge < -0.3 is 15.0 Å². The summed E-state index contributed by atoms with van der Waals surface area (Å²) in [6.07, 6.45) is 3.47. The summed E-state index contributed by atoms with van der Waals surface area (Å²) in [6, 6.07) is 18.3. The minimum atomic E-state index is 0.555. The third-order valence-electron chi connectivity index (χ3n) is 5.19. The van der Waals surface area contributed by atoms with Crippen LogP contribution in [0, 0.1) is 6.92 Å². The number of ether oxygens (including phenoxy) is 1. The summed E-state index contributed by atoms with van der Waals surface area (Å²) in [5, 5.41) is 7.60. The van der Waals surface area contributed by atoms with E-state index in [4.69, 9.17) is 4.74 Å². The molecule has 1 saturated heterocycles. The first-order chi connectivity index (χ1) is 15.2. The van der Waals surface area contributed by atoms with Gasteiger partial charge in [0.15, 0.2) is 0 Å². The van der Waals surface area contributed by atoms with Crippen molar-refractivity contribution in [3.8, 4) is 16.9 Å². The first-order valence-electron chi connectivity index (χ1n) is 10.3. The van der Waals surface area contributed by atoms with Crippen molar-refractivity contribution in [1.82, 2.24) is 24.7 Å². The summed E-state index contributed by atoms with van der Waals surface area (Å²) in [5.74, 6) is 1.30. The van der Waals surface area contributed by atoms with Crippen LogP contribution in [0.1, 0.15) is 5.82 Å². The highest BCUT2D eigenvalue weighted by Gasteiger charge is 2.11. The quantitative estimate of drug-likeness (QED) is 0.535. The van der Waals surface area contributed by atoms with Gasteiger partial charge in [-0.25, -0.2) is 19.6 Å². The van der Waals surface area contributed by atoms with E-state index in [2.05, 4.69) is 54.5 Å². The maximum Gasteiger partial charge on any atom is 0.227 e. The predicted octanol–water partition coefficient (Wildman–Crippen LogP) is 3.61. The van der Waals surface area contributed by atoms with Gasteiger partial charge in [0.2, 0.25) is 5.95 Å². The van der Waals surface area contributed by atoms with E-state index in [1.807, 2.05) is 37.3 Å². The molecule has 0 saturated carbocycles. The fourth-order valence-corrected chi connectivity index (χ4v) is 3.54. The number of hydrogen-bond donors (Lipinski definition) is 1. The summed E-state index contributed by atoms with van der Waals surface area (Å²) in [4.78, 5) is 15.5. The number of aryl methyl sites for hydroxylation is 1. The van der Waals surface area contributed by atoms with E-state index < -0.39 is 0 Å². The van der Waals surface area contributed by atoms with Gasteiger partial charge in [0.25, 0.3) is 0 Å². The van der Waals surface area contributed by atoms with Crippen molar-refractivity contribution in [3.05, 3.63) is 72.9 Å². The topological polar surface area (TPSA) is 81.0 Å². The van der Waals surface area contributed by atoms with Crippen LogP contribution in [0.2, 0.25) is 0 Å². The molecular formula is C23H23N7O. The van der Waals surface area contributed by atoms with Crippen molar-refractivity contribution in [3.63, 3.8) is 0 Å². The summed E-state index contributed by atoms with van der Waals surface area (Å²) in [5.41, 5.74) is 4.99. The third-order valence-corrected chi connectivity index (χ3v) is 5.19. The summed E-state index contributed by atoms with van der Waals surface area (Å²) in [7, 11) is 0. The maximum absolute atomic E-state index is 5.43. The van der Waals surface area contributed by atoms with E-state index in [-0.39, 0.29) is 0 Å². The van der Waals surface area contributed by atoms with Crippen LogP contribution in [0.15, 0.2) is 67.1 Å². The highest BCUT2D eigenvalue weighted by molar-refractivity contribution is 5.65. The number of aromatic nitrogens is 5. The molecule has 2 aromatic heterocycles. The first kappa shape index (κ1) is 19.2. The molecule has 1 aliphatic heterocycles. The summed E-state index contributed by atoms with van der Waals surface area (Å²) < 4.78 is 7.18. The van der Waals surface area contributed by atoms with E-state index >= 15 is 0 Å². The number of nitrogens with one attached hydrogen (secondary N) is 1. The Balaban J connectivity index is 1.30. The molecular weight excluding hydrogens is 390 g/mol. The Morgan fingerprint density at radius 1 is 0.871 bits per heavy atom. The maximum atomic E-state index is 5.43. The Morgan fingerprint density at radius 2 is 1.61 bits per heavy atom. The van der Waals surface area contributed by atoms with Gasteiger partial charge in [-0.05, 0) is 49.4 Å². The average molecular weight is 413 g/mol. The number of nitrogens with zero attached hydrogens (tertiary/aromatic N) is 6. The standard InChI is InChI=1S/C23H23N7O/c1-17-25-16-30(28-17)21-8-4-19(5-9-21)26-23-24-11-10-22(27-23)18-2-6-20(7-3-18)29-12-14-31-15-13-29/h2-11,16H,12-15H2,1H3,(H,24,26,27). The monoisotopic (exact) mass is 413 g/mol. The lowest BCUT2D eigenvalue weighted by atomic mass is 10.1. The molecule has 8 heteroatoms. The van der Waals surface area contributed by atoms with Crippen LogP contribution in [-0.4, -0.2) is 51.0 Å². The van der Waals surface area contributed by atoms with Crippen molar-refractivity contribution >= 4 is 17.3 Å². The molecule has 156 valence electrons. The molecule has 5 rings (SSSR count). The van der Waals surface area contributed by atoms with Gasteiger partial charge in [-0.1, -0.05) is 12.1 Å². The molecule has 0 spiro atoms. The average Bonchev–Trinajstić information content (AvgIpc) is 3.27. The highest BCUT2D eigenvalue weighted by atomic mass is 16.5. The molecule has 1 aliphatic rings. The zero-order chi connectivity index (χ0) is 21.0. The summed E-state index contributed by atoms with van der Waals surface area (Å²) in [6.45, 7) is 5.28. The van der Waals surface area contributed by atoms with Gasteiger partial charge in [0, 0.05) is 36.2 Å². The molecule has 1 N–H and O–H groups in total. The molecule has 1 fully saturated rings. The lowest BCUT2D eigenvalue weighted by Gasteiger charge is -2.28. The van der Waals surface area contributed by atoms with Crippen molar-refractivity contribution in [1.29, 1.82) is 0 Å². The van der Waals surface area contributed by atoms with Crippen molar-refractivity contribution in [2.24, 2.45) is 0 Å². The minimum Gasteiger partial charge on any atom is -0.378 e. The zero-order valence-corrected chi connectivity index (χ0v) is 17.3. The van der Waals surface area contributed by atoms with Gasteiger partial charge in [-0.2, -0.15) is 5.10 Å². The molecule has 8 nitrogen and oxygen atoms in total. The van der Waals surface area contributed by atoms with Crippen LogP contribution >= 0.6 is 0 Å². The van der Waals surface area contributed by atoms with Crippen molar-refractivity contribution in [2.45, 2.75) is 6.92 Å². The Bertz CT molecular complexity index is 1150. The second-order valence-corrected chi connectivity index (χ2v) is 7.32. The lowest BCUT2D eigenvalue weighted by molar-refractivity contribution is 0.122. The molecule has 0 amide bonds. The smallest absolute Gasteiger partial charge is 0.227 e. The molecule has 31 heavy (non-hydrogen) atoms. The number of benzene rings is 2. The molecule has 0 aliphatic carbocycles. The van der Waals surface area contributed by atoms with Gasteiger partial charge >= 0.3 is 0 Å². The number of hydrogen-bond acceptors (Lipinski definition) is 7. The Labute approximate surface area is 180 Å². The first-order valence-corrected chi connectivity index (χ1v) is 10.3. The SMILES string of the molecule is Cc1ncn(-c2ccc(Nc3nccc(-c4ccc(N5CCOCC5)cc4)n3)cc2)n1. The third kappa shape index (κ3) is 4.39. The van der Waals surface area contributed by atoms with E-state index in [0.717, 1.165) is 54.8 Å². The lowest BCUT2D eigenvalue weighted by Crippen LogP contribution is -2.36. The van der Waals surface area contributed by atoms with Gasteiger partial charge in [0.05, 0.1) is 24.6 Å². The van der Waals surface area contributed by atoms with Crippen LogP contribution in [-0.2, 0) is 4.74 Å². The van der Waals surface area contributed by atoms with Gasteiger partial charge in [-0.15, -0.1) is 0 Å². The van der Waals surface area contributed by atoms with Crippen molar-refractivity contribution in [2.75, 3.05) is 36.5 Å². The molecule has 0 bridgehead atoms. The fourth-order valence-electron chi connectivity index (χ4n) is 3.54. The van der Waals surface area contributed by atoms with Crippen LogP contribution in [0.5, 0.6) is 0 Å². The predicted molar refractivity (Wildman–Crippen MR) is 120 cm³/mol. The number of rotatable bonds is 5.